The maximum Gasteiger partial charge on any atom is 0.321 e. The third-order valence-electron chi connectivity index (χ3n) is 4.50. The van der Waals surface area contributed by atoms with E-state index in [9.17, 15) is 9.18 Å². The van der Waals surface area contributed by atoms with Crippen molar-refractivity contribution in [2.45, 2.75) is 32.2 Å². The number of carbonyl (C=O) groups excluding carboxylic acids is 1. The van der Waals surface area contributed by atoms with Gasteiger partial charge in [-0.15, -0.1) is 0 Å². The third-order valence-corrected chi connectivity index (χ3v) is 4.50. The summed E-state index contributed by atoms with van der Waals surface area (Å²) >= 11 is 0. The molecule has 1 atom stereocenters. The zero-order chi connectivity index (χ0) is 14.8. The highest BCUT2D eigenvalue weighted by molar-refractivity contribution is 5.89. The van der Waals surface area contributed by atoms with Gasteiger partial charge in [-0.1, -0.05) is 0 Å². The number of benzene rings is 1. The molecule has 2 heterocycles. The molecule has 1 aromatic carbocycles. The van der Waals surface area contributed by atoms with Crippen LogP contribution >= 0.6 is 0 Å². The summed E-state index contributed by atoms with van der Waals surface area (Å²) in [6.07, 6.45) is 3.43. The van der Waals surface area contributed by atoms with Crippen LogP contribution < -0.4 is 5.32 Å². The molecule has 0 spiro atoms. The molecule has 0 radical (unpaired) electrons. The van der Waals surface area contributed by atoms with Gasteiger partial charge in [0.05, 0.1) is 0 Å². The van der Waals surface area contributed by atoms with E-state index >= 15 is 0 Å². The number of anilines is 1. The number of aryl methyl sites for hydroxylation is 1. The van der Waals surface area contributed by atoms with Crippen LogP contribution in [0.1, 0.15) is 24.8 Å². The van der Waals surface area contributed by atoms with Crippen LogP contribution in [0.15, 0.2) is 18.2 Å². The molecule has 2 saturated heterocycles. The van der Waals surface area contributed by atoms with E-state index in [1.165, 1.54) is 18.9 Å². The molecule has 5 heteroatoms. The summed E-state index contributed by atoms with van der Waals surface area (Å²) in [5.74, 6) is -0.246. The lowest BCUT2D eigenvalue weighted by Gasteiger charge is -2.25. The monoisotopic (exact) mass is 291 g/mol. The Bertz CT molecular complexity index is 534. The zero-order valence-electron chi connectivity index (χ0n) is 12.4. The number of amides is 2. The Morgan fingerprint density at radius 3 is 2.90 bits per heavy atom. The second-order valence-corrected chi connectivity index (χ2v) is 6.03. The Kier molecular flexibility index (Phi) is 4.10. The van der Waals surface area contributed by atoms with E-state index in [0.29, 0.717) is 17.3 Å². The molecule has 0 aromatic heterocycles. The van der Waals surface area contributed by atoms with Crippen molar-refractivity contribution in [3.8, 4) is 0 Å². The molecule has 0 bridgehead atoms. The first kappa shape index (κ1) is 14.3. The fourth-order valence-electron chi connectivity index (χ4n) is 3.32. The number of rotatable bonds is 1. The van der Waals surface area contributed by atoms with Crippen molar-refractivity contribution in [1.82, 2.24) is 9.80 Å². The molecule has 1 N–H and O–H groups in total. The van der Waals surface area contributed by atoms with Crippen molar-refractivity contribution in [3.05, 3.63) is 29.6 Å². The van der Waals surface area contributed by atoms with E-state index in [1.54, 1.807) is 19.1 Å². The van der Waals surface area contributed by atoms with Gasteiger partial charge in [0.2, 0.25) is 0 Å². The second kappa shape index (κ2) is 6.02. The first-order valence-corrected chi connectivity index (χ1v) is 7.69. The van der Waals surface area contributed by atoms with Crippen LogP contribution in [0.3, 0.4) is 0 Å². The van der Waals surface area contributed by atoms with Gasteiger partial charge in [-0.05, 0) is 56.5 Å². The normalized spacial score (nSPS) is 22.8. The summed E-state index contributed by atoms with van der Waals surface area (Å²) < 4.78 is 13.3. The van der Waals surface area contributed by atoms with Gasteiger partial charge >= 0.3 is 6.03 Å². The van der Waals surface area contributed by atoms with Crippen LogP contribution in [0.2, 0.25) is 0 Å². The van der Waals surface area contributed by atoms with Crippen molar-refractivity contribution < 1.29 is 9.18 Å². The van der Waals surface area contributed by atoms with Gasteiger partial charge in [-0.25, -0.2) is 9.18 Å². The average molecular weight is 291 g/mol. The molecule has 2 aliphatic rings. The molecule has 2 fully saturated rings. The first-order valence-electron chi connectivity index (χ1n) is 7.69. The Morgan fingerprint density at radius 2 is 2.10 bits per heavy atom. The number of nitrogens with one attached hydrogen (secondary N) is 1. The molecule has 0 saturated carbocycles. The summed E-state index contributed by atoms with van der Waals surface area (Å²) in [6.45, 7) is 5.54. The van der Waals surface area contributed by atoms with Crippen molar-refractivity contribution in [2.24, 2.45) is 0 Å². The molecule has 4 nitrogen and oxygen atoms in total. The summed E-state index contributed by atoms with van der Waals surface area (Å²) in [5.41, 5.74) is 1.21. The predicted molar refractivity (Wildman–Crippen MR) is 80.9 cm³/mol. The molecule has 1 aromatic rings. The van der Waals surface area contributed by atoms with Crippen molar-refractivity contribution in [2.75, 3.05) is 31.5 Å². The van der Waals surface area contributed by atoms with Crippen LogP contribution in [0.5, 0.6) is 0 Å². The minimum absolute atomic E-state index is 0.0743. The maximum atomic E-state index is 13.3. The van der Waals surface area contributed by atoms with E-state index in [-0.39, 0.29) is 11.8 Å². The molecule has 3 rings (SSSR count). The van der Waals surface area contributed by atoms with Gasteiger partial charge in [0, 0.05) is 31.4 Å². The lowest BCUT2D eigenvalue weighted by Crippen LogP contribution is -2.41. The highest BCUT2D eigenvalue weighted by Crippen LogP contribution is 2.22. The Morgan fingerprint density at radius 1 is 1.29 bits per heavy atom. The molecule has 2 amide bonds. The summed E-state index contributed by atoms with van der Waals surface area (Å²) in [6, 6.07) is 5.11. The smallest absolute Gasteiger partial charge is 0.321 e. The molecular formula is C16H22FN3O. The van der Waals surface area contributed by atoms with Crippen LogP contribution in [-0.4, -0.2) is 48.1 Å². The number of hydrogen-bond donors (Lipinski definition) is 1. The highest BCUT2D eigenvalue weighted by Gasteiger charge is 2.30. The number of hydrogen-bond acceptors (Lipinski definition) is 2. The molecule has 0 aliphatic carbocycles. The zero-order valence-corrected chi connectivity index (χ0v) is 12.4. The molecule has 21 heavy (non-hydrogen) atoms. The van der Waals surface area contributed by atoms with Crippen molar-refractivity contribution in [3.63, 3.8) is 0 Å². The minimum Gasteiger partial charge on any atom is -0.323 e. The van der Waals surface area contributed by atoms with E-state index in [0.717, 1.165) is 32.6 Å². The van der Waals surface area contributed by atoms with Crippen LogP contribution in [-0.2, 0) is 0 Å². The topological polar surface area (TPSA) is 35.6 Å². The second-order valence-electron chi connectivity index (χ2n) is 6.03. The van der Waals surface area contributed by atoms with Gasteiger partial charge in [-0.2, -0.15) is 0 Å². The lowest BCUT2D eigenvalue weighted by molar-refractivity contribution is 0.200. The van der Waals surface area contributed by atoms with Crippen LogP contribution in [0.25, 0.3) is 0 Å². The Hall–Kier alpha value is -1.62. The lowest BCUT2D eigenvalue weighted by atomic mass is 10.2. The fraction of sp³-hybridized carbons (Fsp3) is 0.562. The fourth-order valence-corrected chi connectivity index (χ4v) is 3.32. The van der Waals surface area contributed by atoms with Crippen LogP contribution in [0.4, 0.5) is 14.9 Å². The van der Waals surface area contributed by atoms with E-state index in [1.807, 2.05) is 4.90 Å². The molecular weight excluding hydrogens is 269 g/mol. The van der Waals surface area contributed by atoms with Gasteiger partial charge in [0.15, 0.2) is 0 Å². The number of urea groups is 1. The van der Waals surface area contributed by atoms with E-state index in [4.69, 9.17) is 0 Å². The van der Waals surface area contributed by atoms with Gasteiger partial charge in [-0.3, -0.25) is 4.90 Å². The maximum absolute atomic E-state index is 13.3. The first-order chi connectivity index (χ1) is 10.1. The van der Waals surface area contributed by atoms with Crippen molar-refractivity contribution >= 4 is 11.7 Å². The molecule has 0 unspecified atom stereocenters. The van der Waals surface area contributed by atoms with Gasteiger partial charge < -0.3 is 10.2 Å². The van der Waals surface area contributed by atoms with E-state index in [2.05, 4.69) is 10.2 Å². The third kappa shape index (κ3) is 3.18. The largest absolute Gasteiger partial charge is 0.323 e. The van der Waals surface area contributed by atoms with Crippen molar-refractivity contribution in [1.29, 1.82) is 0 Å². The summed E-state index contributed by atoms with van der Waals surface area (Å²) in [5, 5.41) is 2.89. The SMILES string of the molecule is Cc1cc(NC(=O)N2CCCN3CCC[C@H]3C2)ccc1F. The quantitative estimate of drug-likeness (QED) is 0.863. The summed E-state index contributed by atoms with van der Waals surface area (Å²) in [4.78, 5) is 16.8. The number of halogens is 1. The van der Waals surface area contributed by atoms with Gasteiger partial charge in [0.25, 0.3) is 0 Å². The summed E-state index contributed by atoms with van der Waals surface area (Å²) in [7, 11) is 0. The Balaban J connectivity index is 1.65. The van der Waals surface area contributed by atoms with E-state index < -0.39 is 0 Å². The highest BCUT2D eigenvalue weighted by atomic mass is 19.1. The number of fused-ring (bicyclic) bond motifs is 1. The standard InChI is InChI=1S/C16H22FN3O/c1-12-10-13(5-6-15(12)17)18-16(21)20-9-3-8-19-7-2-4-14(19)11-20/h5-6,10,14H,2-4,7-9,11H2,1H3,(H,18,21)/t14-/m0/s1. The van der Waals surface area contributed by atoms with Gasteiger partial charge in [0.1, 0.15) is 5.82 Å². The molecule has 114 valence electrons. The number of nitrogens with zero attached hydrogens (tertiary/aromatic N) is 2. The Labute approximate surface area is 124 Å². The number of carbonyl (C=O) groups is 1. The minimum atomic E-state index is -0.246. The predicted octanol–water partition coefficient (Wildman–Crippen LogP) is 2.84. The van der Waals surface area contributed by atoms with Crippen LogP contribution in [0, 0.1) is 12.7 Å². The molecule has 2 aliphatic heterocycles. The average Bonchev–Trinajstić information content (AvgIpc) is 2.80.